The van der Waals surface area contributed by atoms with Gasteiger partial charge in [0.05, 0.1) is 12.7 Å². The number of carbonyl (C=O) groups is 3. The maximum Gasteiger partial charge on any atom is 0.337 e. The number of ether oxygens (including phenoxy) is 1. The fourth-order valence-corrected chi connectivity index (χ4v) is 4.54. The minimum atomic E-state index is -0.412. The van der Waals surface area contributed by atoms with Gasteiger partial charge in [0.25, 0.3) is 0 Å². The standard InChI is InChI=1S/C29H30N2O4/c1-35-28(34)25-13-9-22(10-14-25)20-30-26(32)15-17-29(18-16-27(33)31-29)19-21-7-11-24(12-8-21)23-5-3-2-4-6-23/h2-14H,15-20H2,1H3,(H,30,32)(H,31,33). The monoisotopic (exact) mass is 470 g/mol. The van der Waals surface area contributed by atoms with E-state index in [0.29, 0.717) is 44.2 Å². The molecule has 1 aliphatic rings. The average molecular weight is 471 g/mol. The predicted molar refractivity (Wildman–Crippen MR) is 135 cm³/mol. The zero-order chi connectivity index (χ0) is 24.7. The number of carbonyl (C=O) groups excluding carboxylic acids is 3. The van der Waals surface area contributed by atoms with Crippen LogP contribution in [-0.2, 0) is 27.3 Å². The highest BCUT2D eigenvalue weighted by Crippen LogP contribution is 2.30. The van der Waals surface area contributed by atoms with Crippen molar-refractivity contribution in [3.8, 4) is 11.1 Å². The van der Waals surface area contributed by atoms with Crippen LogP contribution in [0.1, 0.15) is 47.2 Å². The molecule has 3 aromatic rings. The molecule has 3 aromatic carbocycles. The lowest BCUT2D eigenvalue weighted by Gasteiger charge is -2.29. The van der Waals surface area contributed by atoms with Gasteiger partial charge in [-0.05, 0) is 53.6 Å². The zero-order valence-electron chi connectivity index (χ0n) is 19.9. The van der Waals surface area contributed by atoms with Gasteiger partial charge in [-0.2, -0.15) is 0 Å². The van der Waals surface area contributed by atoms with Crippen molar-refractivity contribution in [2.75, 3.05) is 7.11 Å². The second kappa shape index (κ2) is 11.0. The molecule has 2 N–H and O–H groups in total. The number of esters is 1. The van der Waals surface area contributed by atoms with Crippen LogP contribution in [0.2, 0.25) is 0 Å². The molecule has 0 radical (unpaired) electrons. The maximum absolute atomic E-state index is 12.6. The first-order chi connectivity index (χ1) is 17.0. The molecule has 1 heterocycles. The molecule has 2 amide bonds. The zero-order valence-corrected chi connectivity index (χ0v) is 19.9. The Bertz CT molecular complexity index is 1170. The fraction of sp³-hybridized carbons (Fsp3) is 0.276. The summed E-state index contributed by atoms with van der Waals surface area (Å²) in [6.07, 6.45) is 2.79. The smallest absolute Gasteiger partial charge is 0.337 e. The van der Waals surface area contributed by atoms with E-state index in [1.54, 1.807) is 24.3 Å². The highest BCUT2D eigenvalue weighted by Gasteiger charge is 2.37. The van der Waals surface area contributed by atoms with Gasteiger partial charge in [0.2, 0.25) is 11.8 Å². The third-order valence-electron chi connectivity index (χ3n) is 6.53. The van der Waals surface area contributed by atoms with Crippen LogP contribution in [0.5, 0.6) is 0 Å². The van der Waals surface area contributed by atoms with Crippen molar-refractivity contribution in [2.45, 2.75) is 44.2 Å². The van der Waals surface area contributed by atoms with E-state index < -0.39 is 5.54 Å². The minimum Gasteiger partial charge on any atom is -0.465 e. The van der Waals surface area contributed by atoms with Crippen LogP contribution in [0.15, 0.2) is 78.9 Å². The maximum atomic E-state index is 12.6. The first kappa shape index (κ1) is 24.2. The van der Waals surface area contributed by atoms with Crippen molar-refractivity contribution in [3.63, 3.8) is 0 Å². The van der Waals surface area contributed by atoms with E-state index in [0.717, 1.165) is 16.7 Å². The van der Waals surface area contributed by atoms with Crippen LogP contribution in [0.3, 0.4) is 0 Å². The van der Waals surface area contributed by atoms with E-state index >= 15 is 0 Å². The molecule has 1 atom stereocenters. The van der Waals surface area contributed by atoms with Gasteiger partial charge >= 0.3 is 5.97 Å². The topological polar surface area (TPSA) is 84.5 Å². The summed E-state index contributed by atoms with van der Waals surface area (Å²) in [6, 6.07) is 25.6. The first-order valence-electron chi connectivity index (χ1n) is 11.9. The first-order valence-corrected chi connectivity index (χ1v) is 11.9. The summed E-state index contributed by atoms with van der Waals surface area (Å²) >= 11 is 0. The summed E-state index contributed by atoms with van der Waals surface area (Å²) in [6.45, 7) is 0.376. The molecule has 35 heavy (non-hydrogen) atoms. The molecule has 6 nitrogen and oxygen atoms in total. The van der Waals surface area contributed by atoms with Gasteiger partial charge in [0.1, 0.15) is 0 Å². The Hall–Kier alpha value is -3.93. The molecule has 0 saturated carbocycles. The number of methoxy groups -OCH3 is 1. The van der Waals surface area contributed by atoms with Gasteiger partial charge in [0, 0.05) is 24.9 Å². The van der Waals surface area contributed by atoms with Crippen LogP contribution in [0.4, 0.5) is 0 Å². The fourth-order valence-electron chi connectivity index (χ4n) is 4.54. The Morgan fingerprint density at radius 2 is 1.57 bits per heavy atom. The summed E-state index contributed by atoms with van der Waals surface area (Å²) in [5.41, 5.74) is 4.41. The molecule has 4 rings (SSSR count). The Morgan fingerprint density at radius 3 is 2.20 bits per heavy atom. The van der Waals surface area contributed by atoms with Crippen molar-refractivity contribution < 1.29 is 19.1 Å². The summed E-state index contributed by atoms with van der Waals surface area (Å²) in [7, 11) is 1.34. The summed E-state index contributed by atoms with van der Waals surface area (Å²) in [5, 5.41) is 6.09. The van der Waals surface area contributed by atoms with E-state index in [1.165, 1.54) is 12.7 Å². The average Bonchev–Trinajstić information content (AvgIpc) is 3.27. The van der Waals surface area contributed by atoms with Gasteiger partial charge in [0.15, 0.2) is 0 Å². The highest BCUT2D eigenvalue weighted by molar-refractivity contribution is 5.89. The van der Waals surface area contributed by atoms with E-state index in [2.05, 4.69) is 47.0 Å². The molecule has 1 aliphatic heterocycles. The van der Waals surface area contributed by atoms with Gasteiger partial charge in [-0.25, -0.2) is 4.79 Å². The van der Waals surface area contributed by atoms with E-state index in [1.807, 2.05) is 18.2 Å². The molecule has 1 fully saturated rings. The third-order valence-corrected chi connectivity index (χ3v) is 6.53. The minimum absolute atomic E-state index is 0.0389. The molecule has 0 spiro atoms. The van der Waals surface area contributed by atoms with Crippen molar-refractivity contribution >= 4 is 17.8 Å². The second-order valence-corrected chi connectivity index (χ2v) is 9.03. The van der Waals surface area contributed by atoms with Crippen LogP contribution in [-0.4, -0.2) is 30.4 Å². The molecule has 0 aliphatic carbocycles. The largest absolute Gasteiger partial charge is 0.465 e. The van der Waals surface area contributed by atoms with Gasteiger partial charge in [-0.15, -0.1) is 0 Å². The van der Waals surface area contributed by atoms with Crippen LogP contribution >= 0.6 is 0 Å². The Kier molecular flexibility index (Phi) is 7.60. The molecule has 1 unspecified atom stereocenters. The molecular formula is C29H30N2O4. The number of rotatable bonds is 9. The quantitative estimate of drug-likeness (QED) is 0.453. The number of hydrogen-bond acceptors (Lipinski definition) is 4. The lowest BCUT2D eigenvalue weighted by Crippen LogP contribution is -2.44. The van der Waals surface area contributed by atoms with Crippen molar-refractivity contribution in [1.29, 1.82) is 0 Å². The van der Waals surface area contributed by atoms with Crippen molar-refractivity contribution in [2.24, 2.45) is 0 Å². The van der Waals surface area contributed by atoms with Gasteiger partial charge < -0.3 is 15.4 Å². The Labute approximate surface area is 205 Å². The van der Waals surface area contributed by atoms with E-state index in [9.17, 15) is 14.4 Å². The normalized spacial score (nSPS) is 17.0. The Balaban J connectivity index is 1.33. The molecular weight excluding hydrogens is 440 g/mol. The van der Waals surface area contributed by atoms with E-state index in [4.69, 9.17) is 4.74 Å². The molecule has 6 heteroatoms. The second-order valence-electron chi connectivity index (χ2n) is 9.03. The van der Waals surface area contributed by atoms with Crippen LogP contribution in [0, 0.1) is 0 Å². The number of amides is 2. The van der Waals surface area contributed by atoms with Crippen LogP contribution < -0.4 is 10.6 Å². The van der Waals surface area contributed by atoms with Gasteiger partial charge in [-0.3, -0.25) is 9.59 Å². The predicted octanol–water partition coefficient (Wildman–Crippen LogP) is 4.43. The number of hydrogen-bond donors (Lipinski definition) is 2. The van der Waals surface area contributed by atoms with Crippen molar-refractivity contribution in [3.05, 3.63) is 95.6 Å². The van der Waals surface area contributed by atoms with Gasteiger partial charge in [-0.1, -0.05) is 66.7 Å². The lowest BCUT2D eigenvalue weighted by molar-refractivity contribution is -0.122. The third kappa shape index (κ3) is 6.35. The molecule has 1 saturated heterocycles. The van der Waals surface area contributed by atoms with Crippen molar-refractivity contribution in [1.82, 2.24) is 10.6 Å². The molecule has 180 valence electrons. The molecule has 0 aromatic heterocycles. The van der Waals surface area contributed by atoms with Crippen LogP contribution in [0.25, 0.3) is 11.1 Å². The number of nitrogens with one attached hydrogen (secondary N) is 2. The lowest BCUT2D eigenvalue weighted by atomic mass is 9.84. The summed E-state index contributed by atoms with van der Waals surface area (Å²) < 4.78 is 4.70. The van der Waals surface area contributed by atoms with E-state index in [-0.39, 0.29) is 17.8 Å². The highest BCUT2D eigenvalue weighted by atomic mass is 16.5. The number of benzene rings is 3. The molecule has 0 bridgehead atoms. The summed E-state index contributed by atoms with van der Waals surface area (Å²) in [5.74, 6) is -0.418. The SMILES string of the molecule is COC(=O)c1ccc(CNC(=O)CCC2(Cc3ccc(-c4ccccc4)cc3)CCC(=O)N2)cc1. The summed E-state index contributed by atoms with van der Waals surface area (Å²) in [4.78, 5) is 36.2. The Morgan fingerprint density at radius 1 is 0.914 bits per heavy atom.